The Kier molecular flexibility index (Phi) is 4.67. The highest BCUT2D eigenvalue weighted by Crippen LogP contribution is 2.32. The van der Waals surface area contributed by atoms with E-state index in [0.29, 0.717) is 16.4 Å². The van der Waals surface area contributed by atoms with Gasteiger partial charge in [0.1, 0.15) is 5.75 Å². The van der Waals surface area contributed by atoms with Crippen molar-refractivity contribution in [1.82, 2.24) is 0 Å². The number of carbonyl (C=O) groups is 1. The summed E-state index contributed by atoms with van der Waals surface area (Å²) in [5.74, 6) is -0.636. The molecule has 0 radical (unpaired) electrons. The lowest BCUT2D eigenvalue weighted by Gasteiger charge is -2.12. The molecule has 0 spiro atoms. The zero-order valence-electron chi connectivity index (χ0n) is 13.3. The van der Waals surface area contributed by atoms with Crippen LogP contribution in [0.1, 0.15) is 12.5 Å². The van der Waals surface area contributed by atoms with Crippen molar-refractivity contribution in [3.8, 4) is 5.75 Å². The van der Waals surface area contributed by atoms with Crippen LogP contribution in [0.2, 0.25) is 10.0 Å². The number of aromatic hydroxyl groups is 1. The number of carbonyl (C=O) groups excluding carboxylic acids is 1. The number of phenols is 1. The third kappa shape index (κ3) is 3.26. The van der Waals surface area contributed by atoms with E-state index in [-0.39, 0.29) is 27.6 Å². The van der Waals surface area contributed by atoms with Crippen molar-refractivity contribution < 1.29 is 14.8 Å². The summed E-state index contributed by atoms with van der Waals surface area (Å²) in [6.07, 6.45) is 1.36. The number of hydrazone groups is 1. The van der Waals surface area contributed by atoms with E-state index < -0.39 is 10.8 Å². The summed E-state index contributed by atoms with van der Waals surface area (Å²) in [7, 11) is 0. The van der Waals surface area contributed by atoms with Crippen LogP contribution in [0.5, 0.6) is 5.75 Å². The molecule has 0 aromatic heterocycles. The highest BCUT2D eigenvalue weighted by Gasteiger charge is 2.29. The lowest BCUT2D eigenvalue weighted by Crippen LogP contribution is -2.21. The van der Waals surface area contributed by atoms with Crippen molar-refractivity contribution in [1.29, 1.82) is 0 Å². The molecule has 0 atom stereocenters. The minimum Gasteiger partial charge on any atom is -0.507 e. The predicted molar refractivity (Wildman–Crippen MR) is 99.8 cm³/mol. The lowest BCUT2D eigenvalue weighted by atomic mass is 10.1. The number of halogens is 2. The Labute approximate surface area is 157 Å². The number of phenolic OH excluding ortho intramolecular Hbond substituents is 1. The number of rotatable bonds is 3. The van der Waals surface area contributed by atoms with Gasteiger partial charge in [0.2, 0.25) is 0 Å². The van der Waals surface area contributed by atoms with Gasteiger partial charge in [-0.05, 0) is 37.3 Å². The minimum absolute atomic E-state index is 0.146. The van der Waals surface area contributed by atoms with Crippen LogP contribution in [0.25, 0.3) is 6.08 Å². The van der Waals surface area contributed by atoms with E-state index in [2.05, 4.69) is 5.10 Å². The number of amides is 1. The molecule has 0 aliphatic carbocycles. The molecule has 26 heavy (non-hydrogen) atoms. The molecule has 3 rings (SSSR count). The molecule has 2 aromatic rings. The Bertz CT molecular complexity index is 1000. The van der Waals surface area contributed by atoms with E-state index in [4.69, 9.17) is 23.2 Å². The fourth-order valence-corrected chi connectivity index (χ4v) is 2.70. The van der Waals surface area contributed by atoms with E-state index in [1.54, 1.807) is 19.1 Å². The molecule has 1 N–H and O–H groups in total. The van der Waals surface area contributed by atoms with Gasteiger partial charge in [0.15, 0.2) is 0 Å². The van der Waals surface area contributed by atoms with Gasteiger partial charge in [0.05, 0.1) is 31.9 Å². The number of anilines is 1. The van der Waals surface area contributed by atoms with Gasteiger partial charge in [-0.1, -0.05) is 23.2 Å². The number of nitrogens with zero attached hydrogens (tertiary/aromatic N) is 3. The van der Waals surface area contributed by atoms with E-state index in [1.165, 1.54) is 30.3 Å². The van der Waals surface area contributed by atoms with Crippen LogP contribution < -0.4 is 5.01 Å². The van der Waals surface area contributed by atoms with Crippen LogP contribution in [0.4, 0.5) is 11.4 Å². The highest BCUT2D eigenvalue weighted by molar-refractivity contribution is 6.42. The summed E-state index contributed by atoms with van der Waals surface area (Å²) in [6.45, 7) is 1.62. The summed E-state index contributed by atoms with van der Waals surface area (Å²) in [5.41, 5.74) is 0.971. The number of hydrogen-bond acceptors (Lipinski definition) is 5. The first-order valence-electron chi connectivity index (χ1n) is 7.32. The maximum absolute atomic E-state index is 12.7. The third-order valence-electron chi connectivity index (χ3n) is 3.73. The van der Waals surface area contributed by atoms with E-state index in [0.717, 1.165) is 5.01 Å². The van der Waals surface area contributed by atoms with Gasteiger partial charge in [-0.15, -0.1) is 0 Å². The molecule has 1 amide bonds. The fraction of sp³-hybridized carbons (Fsp3) is 0.0588. The second-order valence-electron chi connectivity index (χ2n) is 5.46. The van der Waals surface area contributed by atoms with Crippen LogP contribution >= 0.6 is 23.2 Å². The van der Waals surface area contributed by atoms with Crippen molar-refractivity contribution in [3.63, 3.8) is 0 Å². The normalized spacial score (nSPS) is 15.5. The van der Waals surface area contributed by atoms with Gasteiger partial charge in [-0.2, -0.15) is 10.1 Å². The molecule has 132 valence electrons. The second-order valence-corrected chi connectivity index (χ2v) is 6.27. The van der Waals surface area contributed by atoms with Crippen LogP contribution in [-0.2, 0) is 4.79 Å². The fourth-order valence-electron chi connectivity index (χ4n) is 2.40. The molecule has 9 heteroatoms. The summed E-state index contributed by atoms with van der Waals surface area (Å²) < 4.78 is 0. The molecule has 0 bridgehead atoms. The molecule has 0 unspecified atom stereocenters. The maximum atomic E-state index is 12.7. The van der Waals surface area contributed by atoms with Crippen LogP contribution in [0.3, 0.4) is 0 Å². The Morgan fingerprint density at radius 1 is 1.19 bits per heavy atom. The first kappa shape index (κ1) is 17.9. The molecule has 1 aliphatic heterocycles. The Balaban J connectivity index is 2.00. The molecule has 1 aliphatic rings. The maximum Gasteiger partial charge on any atom is 0.280 e. The van der Waals surface area contributed by atoms with Gasteiger partial charge in [0.25, 0.3) is 11.6 Å². The SMILES string of the molecule is CC1=NN(c2ccc(Cl)c(Cl)c2)C(=O)/C1=C\c1cc([N+](=O)[O-])ccc1O. The average molecular weight is 392 g/mol. The lowest BCUT2D eigenvalue weighted by molar-refractivity contribution is -0.384. The van der Waals surface area contributed by atoms with Crippen LogP contribution in [0, 0.1) is 10.1 Å². The average Bonchev–Trinajstić information content (AvgIpc) is 2.87. The molecular formula is C17H11Cl2N3O4. The summed E-state index contributed by atoms with van der Waals surface area (Å²) in [5, 5.41) is 26.8. The summed E-state index contributed by atoms with van der Waals surface area (Å²) in [4.78, 5) is 23.0. The quantitative estimate of drug-likeness (QED) is 0.475. The van der Waals surface area contributed by atoms with Gasteiger partial charge < -0.3 is 5.11 Å². The predicted octanol–water partition coefficient (Wildman–Crippen LogP) is 4.41. The second kappa shape index (κ2) is 6.78. The molecule has 2 aromatic carbocycles. The van der Waals surface area contributed by atoms with Crippen molar-refractivity contribution >= 4 is 52.3 Å². The van der Waals surface area contributed by atoms with E-state index in [9.17, 15) is 20.0 Å². The number of nitro groups is 1. The number of non-ortho nitro benzene ring substituents is 1. The summed E-state index contributed by atoms with van der Waals surface area (Å²) in [6, 6.07) is 8.21. The first-order chi connectivity index (χ1) is 12.3. The van der Waals surface area contributed by atoms with Gasteiger partial charge in [0, 0.05) is 17.7 Å². The molecule has 0 saturated carbocycles. The minimum atomic E-state index is -0.582. The van der Waals surface area contributed by atoms with Gasteiger partial charge >= 0.3 is 0 Å². The molecular weight excluding hydrogens is 381 g/mol. The van der Waals surface area contributed by atoms with Gasteiger partial charge in [-0.3, -0.25) is 14.9 Å². The smallest absolute Gasteiger partial charge is 0.280 e. The van der Waals surface area contributed by atoms with Crippen LogP contribution in [0.15, 0.2) is 47.1 Å². The Morgan fingerprint density at radius 2 is 1.92 bits per heavy atom. The third-order valence-corrected chi connectivity index (χ3v) is 4.47. The first-order valence-corrected chi connectivity index (χ1v) is 8.07. The van der Waals surface area contributed by atoms with Crippen molar-refractivity contribution in [2.24, 2.45) is 5.10 Å². The molecule has 0 saturated heterocycles. The number of nitro benzene ring substituents is 1. The Hall–Kier alpha value is -2.90. The standard InChI is InChI=1S/C17H11Cl2N3O4/c1-9-13(7-10-6-12(22(25)26)3-5-16(10)23)17(24)21(20-9)11-2-4-14(18)15(19)8-11/h2-8,23H,1H3/b13-7-. The topological polar surface area (TPSA) is 96.0 Å². The molecule has 0 fully saturated rings. The molecule has 7 nitrogen and oxygen atoms in total. The highest BCUT2D eigenvalue weighted by atomic mass is 35.5. The zero-order chi connectivity index (χ0) is 19.0. The number of benzene rings is 2. The van der Waals surface area contributed by atoms with Crippen LogP contribution in [-0.4, -0.2) is 21.6 Å². The Morgan fingerprint density at radius 3 is 2.58 bits per heavy atom. The largest absolute Gasteiger partial charge is 0.507 e. The van der Waals surface area contributed by atoms with Crippen molar-refractivity contribution in [2.45, 2.75) is 6.92 Å². The monoisotopic (exact) mass is 391 g/mol. The summed E-state index contributed by atoms with van der Waals surface area (Å²) >= 11 is 11.9. The van der Waals surface area contributed by atoms with Gasteiger partial charge in [-0.25, -0.2) is 0 Å². The molecule has 1 heterocycles. The van der Waals surface area contributed by atoms with E-state index >= 15 is 0 Å². The van der Waals surface area contributed by atoms with Crippen molar-refractivity contribution in [3.05, 3.63) is 67.7 Å². The van der Waals surface area contributed by atoms with E-state index in [1.807, 2.05) is 0 Å². The number of hydrogen-bond donors (Lipinski definition) is 1. The zero-order valence-corrected chi connectivity index (χ0v) is 14.8. The van der Waals surface area contributed by atoms with Crippen molar-refractivity contribution in [2.75, 3.05) is 5.01 Å².